The number of aliphatic hydroxyl groups excluding tert-OH is 1. The molecule has 0 saturated heterocycles. The highest BCUT2D eigenvalue weighted by molar-refractivity contribution is 5.57. The molecule has 2 nitrogen and oxygen atoms in total. The summed E-state index contributed by atoms with van der Waals surface area (Å²) in [6.45, 7) is 6.53. The van der Waals surface area contributed by atoms with Crippen molar-refractivity contribution < 1.29 is 5.11 Å². The first kappa shape index (κ1) is 12.4. The topological polar surface area (TPSA) is 23.5 Å². The van der Waals surface area contributed by atoms with Gasteiger partial charge in [0.05, 0.1) is 6.10 Å². The van der Waals surface area contributed by atoms with Crippen LogP contribution in [0.3, 0.4) is 0 Å². The highest BCUT2D eigenvalue weighted by Gasteiger charge is 2.17. The fraction of sp³-hybridized carbons (Fsp3) is 0.600. The van der Waals surface area contributed by atoms with Gasteiger partial charge >= 0.3 is 0 Å². The summed E-state index contributed by atoms with van der Waals surface area (Å²) in [7, 11) is 0. The van der Waals surface area contributed by atoms with Crippen molar-refractivity contribution in [3.8, 4) is 0 Å². The second-order valence-corrected chi connectivity index (χ2v) is 4.90. The molecule has 0 amide bonds. The Morgan fingerprint density at radius 1 is 1.35 bits per heavy atom. The van der Waals surface area contributed by atoms with Gasteiger partial charge in [0.1, 0.15) is 0 Å². The number of aliphatic hydroxyl groups is 1. The minimum absolute atomic E-state index is 0.314. The quantitative estimate of drug-likeness (QED) is 0.862. The smallest absolute Gasteiger partial charge is 0.0788 e. The normalized spacial score (nSPS) is 16.8. The molecule has 1 aromatic carbocycles. The van der Waals surface area contributed by atoms with Crippen molar-refractivity contribution >= 4 is 5.69 Å². The zero-order valence-electron chi connectivity index (χ0n) is 10.9. The molecule has 1 aliphatic rings. The van der Waals surface area contributed by atoms with E-state index in [-0.39, 0.29) is 6.10 Å². The van der Waals surface area contributed by atoms with Gasteiger partial charge in [-0.05, 0) is 42.9 Å². The SMILES string of the molecule is CCCN1CCCc2ccc(C(O)CC)cc21. The summed E-state index contributed by atoms with van der Waals surface area (Å²) in [6, 6.07) is 6.48. The number of hydrogen-bond donors (Lipinski definition) is 1. The molecule has 0 spiro atoms. The fourth-order valence-corrected chi connectivity index (χ4v) is 2.61. The van der Waals surface area contributed by atoms with Gasteiger partial charge in [-0.2, -0.15) is 0 Å². The molecule has 0 aliphatic carbocycles. The Bertz CT molecular complexity index is 375. The third-order valence-corrected chi connectivity index (χ3v) is 3.59. The molecule has 0 radical (unpaired) electrons. The maximum atomic E-state index is 9.93. The van der Waals surface area contributed by atoms with E-state index in [9.17, 15) is 5.11 Å². The van der Waals surface area contributed by atoms with Crippen LogP contribution >= 0.6 is 0 Å². The van der Waals surface area contributed by atoms with Crippen LogP contribution in [0.25, 0.3) is 0 Å². The molecule has 0 saturated carbocycles. The van der Waals surface area contributed by atoms with Crippen molar-refractivity contribution in [3.05, 3.63) is 29.3 Å². The Morgan fingerprint density at radius 2 is 2.18 bits per heavy atom. The molecule has 2 heteroatoms. The van der Waals surface area contributed by atoms with Crippen molar-refractivity contribution in [2.24, 2.45) is 0 Å². The lowest BCUT2D eigenvalue weighted by Crippen LogP contribution is -2.30. The van der Waals surface area contributed by atoms with E-state index in [0.717, 1.165) is 25.1 Å². The summed E-state index contributed by atoms with van der Waals surface area (Å²) >= 11 is 0. The van der Waals surface area contributed by atoms with E-state index in [0.29, 0.717) is 0 Å². The summed E-state index contributed by atoms with van der Waals surface area (Å²) in [6.07, 6.45) is 4.08. The highest BCUT2D eigenvalue weighted by atomic mass is 16.3. The molecule has 17 heavy (non-hydrogen) atoms. The maximum absolute atomic E-state index is 9.93. The Kier molecular flexibility index (Phi) is 4.06. The second-order valence-electron chi connectivity index (χ2n) is 4.90. The lowest BCUT2D eigenvalue weighted by Gasteiger charge is -2.32. The molecule has 1 N–H and O–H groups in total. The third-order valence-electron chi connectivity index (χ3n) is 3.59. The van der Waals surface area contributed by atoms with E-state index < -0.39 is 0 Å². The van der Waals surface area contributed by atoms with Crippen molar-refractivity contribution in [3.63, 3.8) is 0 Å². The number of nitrogens with zero attached hydrogens (tertiary/aromatic N) is 1. The average molecular weight is 233 g/mol. The number of rotatable bonds is 4. The first-order chi connectivity index (χ1) is 8.26. The minimum atomic E-state index is -0.314. The van der Waals surface area contributed by atoms with Crippen LogP contribution in [0, 0.1) is 0 Å². The van der Waals surface area contributed by atoms with E-state index in [1.54, 1.807) is 0 Å². The van der Waals surface area contributed by atoms with E-state index in [4.69, 9.17) is 0 Å². The first-order valence-corrected chi connectivity index (χ1v) is 6.82. The van der Waals surface area contributed by atoms with E-state index in [2.05, 4.69) is 30.0 Å². The Labute approximate surface area is 104 Å². The molecule has 2 rings (SSSR count). The van der Waals surface area contributed by atoms with Crippen molar-refractivity contribution in [2.75, 3.05) is 18.0 Å². The lowest BCUT2D eigenvalue weighted by molar-refractivity contribution is 0.173. The van der Waals surface area contributed by atoms with Crippen LogP contribution in [-0.4, -0.2) is 18.2 Å². The van der Waals surface area contributed by atoms with Crippen molar-refractivity contribution in [1.82, 2.24) is 0 Å². The van der Waals surface area contributed by atoms with Gasteiger partial charge in [-0.15, -0.1) is 0 Å². The summed E-state index contributed by atoms with van der Waals surface area (Å²) in [4.78, 5) is 2.46. The predicted molar refractivity (Wildman–Crippen MR) is 72.5 cm³/mol. The van der Waals surface area contributed by atoms with E-state index >= 15 is 0 Å². The Hall–Kier alpha value is -1.02. The third kappa shape index (κ3) is 2.63. The molecule has 0 fully saturated rings. The highest BCUT2D eigenvalue weighted by Crippen LogP contribution is 2.30. The van der Waals surface area contributed by atoms with Crippen LogP contribution in [0.5, 0.6) is 0 Å². The van der Waals surface area contributed by atoms with Gasteiger partial charge in [-0.1, -0.05) is 26.0 Å². The summed E-state index contributed by atoms with van der Waals surface area (Å²) in [5, 5.41) is 9.93. The van der Waals surface area contributed by atoms with Crippen molar-refractivity contribution in [2.45, 2.75) is 45.6 Å². The molecular formula is C15H23NO. The van der Waals surface area contributed by atoms with Gasteiger partial charge in [0.2, 0.25) is 0 Å². The largest absolute Gasteiger partial charge is 0.388 e. The maximum Gasteiger partial charge on any atom is 0.0788 e. The van der Waals surface area contributed by atoms with Gasteiger partial charge in [0.25, 0.3) is 0 Å². The van der Waals surface area contributed by atoms with Gasteiger partial charge < -0.3 is 10.0 Å². The molecule has 1 aromatic rings. The Balaban J connectivity index is 2.30. The van der Waals surface area contributed by atoms with Crippen LogP contribution in [0.15, 0.2) is 18.2 Å². The summed E-state index contributed by atoms with van der Waals surface area (Å²) in [5.74, 6) is 0. The molecule has 1 atom stereocenters. The van der Waals surface area contributed by atoms with Gasteiger partial charge in [0.15, 0.2) is 0 Å². The number of fused-ring (bicyclic) bond motifs is 1. The molecular weight excluding hydrogens is 210 g/mol. The average Bonchev–Trinajstić information content (AvgIpc) is 2.38. The molecule has 0 bridgehead atoms. The van der Waals surface area contributed by atoms with Crippen LogP contribution < -0.4 is 4.90 Å². The predicted octanol–water partition coefficient (Wildman–Crippen LogP) is 3.29. The molecule has 1 aliphatic heterocycles. The van der Waals surface area contributed by atoms with Crippen LogP contribution in [0.4, 0.5) is 5.69 Å². The van der Waals surface area contributed by atoms with Gasteiger partial charge in [-0.25, -0.2) is 0 Å². The zero-order valence-corrected chi connectivity index (χ0v) is 10.9. The fourth-order valence-electron chi connectivity index (χ4n) is 2.61. The van der Waals surface area contributed by atoms with Crippen LogP contribution in [-0.2, 0) is 6.42 Å². The minimum Gasteiger partial charge on any atom is -0.388 e. The summed E-state index contributed by atoms with van der Waals surface area (Å²) < 4.78 is 0. The zero-order chi connectivity index (χ0) is 12.3. The van der Waals surface area contributed by atoms with Crippen molar-refractivity contribution in [1.29, 1.82) is 0 Å². The molecule has 94 valence electrons. The number of aryl methyl sites for hydroxylation is 1. The monoisotopic (exact) mass is 233 g/mol. The number of hydrogen-bond acceptors (Lipinski definition) is 2. The number of benzene rings is 1. The molecule has 0 aromatic heterocycles. The van der Waals surface area contributed by atoms with Gasteiger partial charge in [0, 0.05) is 18.8 Å². The second kappa shape index (κ2) is 5.54. The van der Waals surface area contributed by atoms with E-state index in [1.807, 2.05) is 6.92 Å². The van der Waals surface area contributed by atoms with E-state index in [1.165, 1.54) is 30.5 Å². The lowest BCUT2D eigenvalue weighted by atomic mass is 9.97. The van der Waals surface area contributed by atoms with Gasteiger partial charge in [-0.3, -0.25) is 0 Å². The number of anilines is 1. The van der Waals surface area contributed by atoms with Crippen LogP contribution in [0.1, 0.15) is 50.3 Å². The van der Waals surface area contributed by atoms with Crippen LogP contribution in [0.2, 0.25) is 0 Å². The first-order valence-electron chi connectivity index (χ1n) is 6.82. The molecule has 1 unspecified atom stereocenters. The summed E-state index contributed by atoms with van der Waals surface area (Å²) in [5.41, 5.74) is 3.86. The Morgan fingerprint density at radius 3 is 2.88 bits per heavy atom. The molecule has 1 heterocycles. The standard InChI is InChI=1S/C15H23NO/c1-3-9-16-10-5-6-12-7-8-13(11-14(12)16)15(17)4-2/h7-8,11,15,17H,3-6,9-10H2,1-2H3.